The fourth-order valence-corrected chi connectivity index (χ4v) is 7.92. The van der Waals surface area contributed by atoms with Gasteiger partial charge in [0.05, 0.1) is 33.2 Å². The lowest BCUT2D eigenvalue weighted by Gasteiger charge is -2.25. The van der Waals surface area contributed by atoms with E-state index in [0.717, 1.165) is 33.4 Å². The highest BCUT2D eigenvalue weighted by molar-refractivity contribution is 6.32. The number of pyridine rings is 2. The number of carboxylic acids is 2. The molecule has 2 heterocycles. The number of aliphatic hydroxyl groups excluding tert-OH is 1. The molecule has 0 saturated heterocycles. The van der Waals surface area contributed by atoms with Crippen molar-refractivity contribution in [3.8, 4) is 46.3 Å². The average molecular weight is 987 g/mol. The lowest BCUT2D eigenvalue weighted by Crippen LogP contribution is -2.48. The van der Waals surface area contributed by atoms with Crippen LogP contribution in [0.3, 0.4) is 0 Å². The Morgan fingerprint density at radius 2 is 1.13 bits per heavy atom. The first kappa shape index (κ1) is 52.2. The quantitative estimate of drug-likeness (QED) is 0.0470. The predicted octanol–water partition coefficient (Wildman–Crippen LogP) is 10.5. The fraction of sp³-hybridized carbons (Fsp3) is 0.296. The lowest BCUT2D eigenvalue weighted by atomic mass is 9.85. The molecule has 0 aliphatic carbocycles. The smallest absolute Gasteiger partial charge is 0.323 e. The highest BCUT2D eigenvalue weighted by atomic mass is 35.5. The molecule has 6 rings (SSSR count). The molecule has 0 amide bonds. The van der Waals surface area contributed by atoms with E-state index in [0.29, 0.717) is 72.8 Å². The van der Waals surface area contributed by atoms with Crippen LogP contribution in [0, 0.1) is 41.9 Å². The number of rotatable bonds is 23. The molecule has 6 aromatic rings. The Balaban J connectivity index is 1.22. The average Bonchev–Trinajstić information content (AvgIpc) is 3.36. The summed E-state index contributed by atoms with van der Waals surface area (Å²) in [4.78, 5) is 32.3. The van der Waals surface area contributed by atoms with E-state index < -0.39 is 29.5 Å². The highest BCUT2D eigenvalue weighted by Crippen LogP contribution is 2.39. The van der Waals surface area contributed by atoms with Crippen molar-refractivity contribution >= 4 is 35.1 Å². The number of aliphatic carboxylic acids is 2. The number of hydrogen-bond acceptors (Lipinski definition) is 12. The van der Waals surface area contributed by atoms with Gasteiger partial charge in [-0.3, -0.25) is 24.9 Å². The molecule has 362 valence electrons. The van der Waals surface area contributed by atoms with Gasteiger partial charge in [0, 0.05) is 60.2 Å². The third-order valence-electron chi connectivity index (χ3n) is 12.5. The molecule has 4 N–H and O–H groups in total. The standard InChI is InChI=1S/C54H53Cl2N5O9/c1-6-54(5,52(65)66)61-27-42-18-46(56)50(20-48(42)68-29-38-16-36(22-58)24-60-26-38)70-31-41-10-8-12-44(34(41)3)43-11-7-9-40(33(43)2)30-69-49-19-47(67-28-37-15-35(21-57)23-59-25-37)39(17-45(49)55)13-14-53(4,32-62)51(63)64/h7-12,15-20,23-26,61-62H,6,13-14,27-32H2,1-5H3,(H,63,64)(H,65,66). The van der Waals surface area contributed by atoms with E-state index in [1.807, 2.05) is 50.2 Å². The molecule has 2 unspecified atom stereocenters. The Morgan fingerprint density at radius 3 is 1.57 bits per heavy atom. The third-order valence-corrected chi connectivity index (χ3v) is 13.1. The Labute approximate surface area is 417 Å². The monoisotopic (exact) mass is 985 g/mol. The van der Waals surface area contributed by atoms with Gasteiger partial charge >= 0.3 is 11.9 Å². The molecule has 0 aliphatic heterocycles. The molecular weight excluding hydrogens is 934 g/mol. The largest absolute Gasteiger partial charge is 0.488 e. The van der Waals surface area contributed by atoms with E-state index >= 15 is 0 Å². The second-order valence-electron chi connectivity index (χ2n) is 17.4. The molecule has 16 heteroatoms. The van der Waals surface area contributed by atoms with Crippen molar-refractivity contribution in [2.24, 2.45) is 5.41 Å². The van der Waals surface area contributed by atoms with Gasteiger partial charge in [-0.15, -0.1) is 0 Å². The minimum absolute atomic E-state index is 0.0667. The first-order valence-corrected chi connectivity index (χ1v) is 23.1. The van der Waals surface area contributed by atoms with E-state index in [1.54, 1.807) is 62.6 Å². The van der Waals surface area contributed by atoms with Gasteiger partial charge in [-0.1, -0.05) is 66.5 Å². The number of halogens is 2. The van der Waals surface area contributed by atoms with Crippen LogP contribution in [0.25, 0.3) is 11.1 Å². The van der Waals surface area contributed by atoms with Crippen LogP contribution in [0.15, 0.2) is 97.6 Å². The summed E-state index contributed by atoms with van der Waals surface area (Å²) in [5.41, 5.74) is 6.46. The summed E-state index contributed by atoms with van der Waals surface area (Å²) in [5, 5.41) is 52.0. The molecule has 0 bridgehead atoms. The van der Waals surface area contributed by atoms with Gasteiger partial charge in [0.1, 0.15) is 67.1 Å². The number of nitrogens with zero attached hydrogens (tertiary/aromatic N) is 4. The van der Waals surface area contributed by atoms with Gasteiger partial charge in [0.15, 0.2) is 0 Å². The maximum Gasteiger partial charge on any atom is 0.323 e. The first-order valence-electron chi connectivity index (χ1n) is 22.4. The van der Waals surface area contributed by atoms with E-state index in [-0.39, 0.29) is 45.8 Å². The zero-order chi connectivity index (χ0) is 50.6. The van der Waals surface area contributed by atoms with Crippen molar-refractivity contribution in [1.82, 2.24) is 15.3 Å². The van der Waals surface area contributed by atoms with Gasteiger partial charge in [0.2, 0.25) is 0 Å². The van der Waals surface area contributed by atoms with Crippen molar-refractivity contribution in [3.63, 3.8) is 0 Å². The number of carboxylic acid groups (broad SMARTS) is 2. The highest BCUT2D eigenvalue weighted by Gasteiger charge is 2.33. The number of ether oxygens (including phenoxy) is 4. The van der Waals surface area contributed by atoms with Crippen LogP contribution in [0.4, 0.5) is 0 Å². The molecule has 0 saturated carbocycles. The van der Waals surface area contributed by atoms with Gasteiger partial charge < -0.3 is 34.3 Å². The van der Waals surface area contributed by atoms with Crippen LogP contribution in [0.1, 0.15) is 89.2 Å². The van der Waals surface area contributed by atoms with Crippen LogP contribution in [0.5, 0.6) is 23.0 Å². The van der Waals surface area contributed by atoms with E-state index in [2.05, 4.69) is 27.4 Å². The number of nitriles is 2. The summed E-state index contributed by atoms with van der Waals surface area (Å²) >= 11 is 13.7. The zero-order valence-electron chi connectivity index (χ0n) is 39.4. The fourth-order valence-electron chi connectivity index (χ4n) is 7.43. The van der Waals surface area contributed by atoms with Gasteiger partial charge in [-0.25, -0.2) is 0 Å². The minimum atomic E-state index is -1.38. The van der Waals surface area contributed by atoms with E-state index in [1.165, 1.54) is 19.3 Å². The van der Waals surface area contributed by atoms with Gasteiger partial charge in [0.25, 0.3) is 0 Å². The van der Waals surface area contributed by atoms with Crippen LogP contribution < -0.4 is 24.3 Å². The molecule has 14 nitrogen and oxygen atoms in total. The summed E-state index contributed by atoms with van der Waals surface area (Å²) in [7, 11) is 0. The summed E-state index contributed by atoms with van der Waals surface area (Å²) < 4.78 is 25.2. The molecular formula is C54H53Cl2N5O9. The Kier molecular flexibility index (Phi) is 17.4. The first-order chi connectivity index (χ1) is 33.5. The van der Waals surface area contributed by atoms with E-state index in [9.17, 15) is 35.4 Å². The van der Waals surface area contributed by atoms with Gasteiger partial charge in [-0.05, 0) is 110 Å². The molecule has 4 aromatic carbocycles. The van der Waals surface area contributed by atoms with Crippen molar-refractivity contribution in [3.05, 3.63) is 163 Å². The number of aromatic nitrogens is 2. The Hall–Kier alpha value is -7.20. The van der Waals surface area contributed by atoms with Crippen molar-refractivity contribution in [1.29, 1.82) is 10.5 Å². The summed E-state index contributed by atoms with van der Waals surface area (Å²) in [6, 6.07) is 26.2. The maximum atomic E-state index is 12.1. The maximum absolute atomic E-state index is 12.1. The molecule has 0 spiro atoms. The normalized spacial score (nSPS) is 12.7. The van der Waals surface area contributed by atoms with Crippen molar-refractivity contribution in [2.45, 2.75) is 92.4 Å². The zero-order valence-corrected chi connectivity index (χ0v) is 40.9. The Morgan fingerprint density at radius 1 is 0.657 bits per heavy atom. The SMILES string of the molecule is CCC(C)(NCc1cc(Cl)c(OCc2cccc(-c3cccc(COc4cc(OCc5cncc(C#N)c5)c(CCC(C)(CO)C(=O)O)cc4Cl)c3C)c2C)cc1OCc1cncc(C#N)c1)C(=O)O. The molecule has 0 aliphatic rings. The van der Waals surface area contributed by atoms with Crippen LogP contribution in [-0.2, 0) is 49.0 Å². The third kappa shape index (κ3) is 12.7. The Bertz CT molecular complexity index is 2770. The number of aryl methyl sites for hydroxylation is 1. The molecule has 0 radical (unpaired) electrons. The number of hydrogen-bond donors (Lipinski definition) is 4. The number of carbonyl (C=O) groups is 2. The van der Waals surface area contributed by atoms with Crippen molar-refractivity contribution in [2.75, 3.05) is 6.61 Å². The van der Waals surface area contributed by atoms with Crippen molar-refractivity contribution < 1.29 is 43.9 Å². The number of nitrogens with one attached hydrogen (secondary N) is 1. The summed E-state index contributed by atoms with van der Waals surface area (Å²) in [6.45, 7) is 8.98. The predicted molar refractivity (Wildman–Crippen MR) is 264 cm³/mol. The van der Waals surface area contributed by atoms with Crippen LogP contribution in [-0.4, -0.2) is 49.4 Å². The van der Waals surface area contributed by atoms with Crippen LogP contribution in [0.2, 0.25) is 10.0 Å². The summed E-state index contributed by atoms with van der Waals surface area (Å²) in [6.07, 6.45) is 6.80. The molecule has 2 aromatic heterocycles. The minimum Gasteiger partial charge on any atom is -0.488 e. The molecule has 70 heavy (non-hydrogen) atoms. The van der Waals surface area contributed by atoms with E-state index in [4.69, 9.17) is 42.1 Å². The van der Waals surface area contributed by atoms with Gasteiger partial charge in [-0.2, -0.15) is 10.5 Å². The molecule has 2 atom stereocenters. The number of aliphatic hydroxyl groups is 1. The molecule has 0 fully saturated rings. The second kappa shape index (κ2) is 23.4. The lowest BCUT2D eigenvalue weighted by molar-refractivity contribution is -0.150. The number of benzene rings is 4. The second-order valence-corrected chi connectivity index (χ2v) is 18.2. The summed E-state index contributed by atoms with van der Waals surface area (Å²) in [5.74, 6) is -0.588. The van der Waals surface area contributed by atoms with Crippen LogP contribution >= 0.6 is 23.2 Å². The topological polar surface area (TPSA) is 217 Å².